The molecule has 34 heavy (non-hydrogen) atoms. The average Bonchev–Trinajstić information content (AvgIpc) is 3.17. The highest BCUT2D eigenvalue weighted by atomic mass is 79.9. The normalized spacial score (nSPS) is 15.4. The van der Waals surface area contributed by atoms with Gasteiger partial charge in [-0.3, -0.25) is 9.59 Å². The van der Waals surface area contributed by atoms with Crippen LogP contribution in [0.25, 0.3) is 6.08 Å². The van der Waals surface area contributed by atoms with Gasteiger partial charge in [0, 0.05) is 16.1 Å². The Morgan fingerprint density at radius 2 is 1.88 bits per heavy atom. The Morgan fingerprint density at radius 1 is 1.15 bits per heavy atom. The summed E-state index contributed by atoms with van der Waals surface area (Å²) >= 11 is 10.8. The van der Waals surface area contributed by atoms with Gasteiger partial charge in [0.15, 0.2) is 16.7 Å². The number of amides is 2. The number of carbonyl (C=O) groups excluding carboxylic acids is 2. The van der Waals surface area contributed by atoms with Gasteiger partial charge in [0.2, 0.25) is 0 Å². The van der Waals surface area contributed by atoms with E-state index < -0.39 is 5.91 Å². The van der Waals surface area contributed by atoms with E-state index in [-0.39, 0.29) is 17.7 Å². The third-order valence-corrected chi connectivity index (χ3v) is 6.62. The maximum Gasteiger partial charge on any atom is 0.279 e. The van der Waals surface area contributed by atoms with Gasteiger partial charge in [-0.25, -0.2) is 0 Å². The quantitative estimate of drug-likeness (QED) is 0.371. The second-order valence-corrected chi connectivity index (χ2v) is 9.36. The molecule has 0 unspecified atom stereocenters. The predicted octanol–water partition coefficient (Wildman–Crippen LogP) is 6.09. The fourth-order valence-electron chi connectivity index (χ4n) is 3.10. The van der Waals surface area contributed by atoms with Gasteiger partial charge in [0.05, 0.1) is 16.5 Å². The van der Waals surface area contributed by atoms with Crippen LogP contribution in [0.15, 0.2) is 81.1 Å². The Labute approximate surface area is 214 Å². The first-order valence-electron chi connectivity index (χ1n) is 10.1. The first-order valence-corrected chi connectivity index (χ1v) is 12.1. The van der Waals surface area contributed by atoms with E-state index in [0.717, 1.165) is 17.3 Å². The van der Waals surface area contributed by atoms with Crippen molar-refractivity contribution in [3.8, 4) is 11.5 Å². The molecule has 1 saturated heterocycles. The van der Waals surface area contributed by atoms with Crippen molar-refractivity contribution in [3.05, 3.63) is 97.8 Å². The lowest BCUT2D eigenvalue weighted by Crippen LogP contribution is -2.20. The van der Waals surface area contributed by atoms with Crippen molar-refractivity contribution in [1.29, 1.82) is 0 Å². The topological polar surface area (TPSA) is 77.0 Å². The SMILES string of the molecule is COc1cc(/C=C2\SC(=NC(=O)c3ccccc3)NC2=O)cc(Br)c1OCc1ccccc1Cl. The summed E-state index contributed by atoms with van der Waals surface area (Å²) in [7, 11) is 1.54. The average molecular weight is 558 g/mol. The molecule has 3 aromatic carbocycles. The molecular weight excluding hydrogens is 540 g/mol. The van der Waals surface area contributed by atoms with E-state index in [1.807, 2.05) is 30.3 Å². The molecule has 0 atom stereocenters. The Bertz CT molecular complexity index is 1310. The molecule has 1 aliphatic heterocycles. The minimum Gasteiger partial charge on any atom is -0.493 e. The highest BCUT2D eigenvalue weighted by molar-refractivity contribution is 9.10. The van der Waals surface area contributed by atoms with E-state index in [2.05, 4.69) is 26.2 Å². The van der Waals surface area contributed by atoms with Crippen LogP contribution in [0.5, 0.6) is 11.5 Å². The number of methoxy groups -OCH3 is 1. The summed E-state index contributed by atoms with van der Waals surface area (Å²) in [5.74, 6) is 0.251. The maximum absolute atomic E-state index is 12.4. The Balaban J connectivity index is 1.53. The zero-order valence-electron chi connectivity index (χ0n) is 17.9. The van der Waals surface area contributed by atoms with Gasteiger partial charge in [0.1, 0.15) is 6.61 Å². The lowest BCUT2D eigenvalue weighted by Gasteiger charge is -2.14. The van der Waals surface area contributed by atoms with Crippen LogP contribution in [0, 0.1) is 0 Å². The fourth-order valence-corrected chi connectivity index (χ4v) is 4.68. The van der Waals surface area contributed by atoms with Crippen LogP contribution in [0.4, 0.5) is 0 Å². The molecule has 3 aromatic rings. The van der Waals surface area contributed by atoms with Gasteiger partial charge >= 0.3 is 0 Å². The van der Waals surface area contributed by atoms with Crippen LogP contribution in [0.3, 0.4) is 0 Å². The molecule has 2 amide bonds. The molecular formula is C25H18BrClN2O4S. The van der Waals surface area contributed by atoms with Crippen LogP contribution in [0.2, 0.25) is 5.02 Å². The van der Waals surface area contributed by atoms with E-state index in [4.69, 9.17) is 21.1 Å². The molecule has 6 nitrogen and oxygen atoms in total. The van der Waals surface area contributed by atoms with Crippen LogP contribution >= 0.6 is 39.3 Å². The van der Waals surface area contributed by atoms with Crippen molar-refractivity contribution in [2.75, 3.05) is 7.11 Å². The van der Waals surface area contributed by atoms with Crippen molar-refractivity contribution in [3.63, 3.8) is 0 Å². The number of nitrogens with one attached hydrogen (secondary N) is 1. The number of ether oxygens (including phenoxy) is 2. The summed E-state index contributed by atoms with van der Waals surface area (Å²) in [6.07, 6.45) is 1.70. The predicted molar refractivity (Wildman–Crippen MR) is 138 cm³/mol. The summed E-state index contributed by atoms with van der Waals surface area (Å²) in [5.41, 5.74) is 2.01. The molecule has 1 fully saturated rings. The Morgan fingerprint density at radius 3 is 2.62 bits per heavy atom. The lowest BCUT2D eigenvalue weighted by molar-refractivity contribution is -0.115. The van der Waals surface area contributed by atoms with E-state index in [1.54, 1.807) is 42.5 Å². The Kier molecular flexibility index (Phi) is 7.72. The zero-order valence-corrected chi connectivity index (χ0v) is 21.0. The number of halogens is 2. The number of hydrogen-bond acceptors (Lipinski definition) is 5. The molecule has 0 saturated carbocycles. The fraction of sp³-hybridized carbons (Fsp3) is 0.0800. The molecule has 0 bridgehead atoms. The number of thioether (sulfide) groups is 1. The largest absolute Gasteiger partial charge is 0.493 e. The van der Waals surface area contributed by atoms with Gasteiger partial charge in [-0.15, -0.1) is 0 Å². The highest BCUT2D eigenvalue weighted by Crippen LogP contribution is 2.39. The van der Waals surface area contributed by atoms with E-state index in [0.29, 0.717) is 37.0 Å². The number of aliphatic imine (C=N–C) groups is 1. The van der Waals surface area contributed by atoms with Crippen molar-refractivity contribution < 1.29 is 19.1 Å². The monoisotopic (exact) mass is 556 g/mol. The molecule has 0 spiro atoms. The van der Waals surface area contributed by atoms with Crippen LogP contribution < -0.4 is 14.8 Å². The van der Waals surface area contributed by atoms with Crippen molar-refractivity contribution in [2.45, 2.75) is 6.61 Å². The molecule has 4 rings (SSSR count). The molecule has 1 heterocycles. The molecule has 1 aliphatic rings. The molecule has 0 radical (unpaired) electrons. The zero-order chi connectivity index (χ0) is 24.1. The summed E-state index contributed by atoms with van der Waals surface area (Å²) in [6, 6.07) is 19.7. The minimum atomic E-state index is -0.422. The number of hydrogen-bond donors (Lipinski definition) is 1. The van der Waals surface area contributed by atoms with Crippen LogP contribution in [-0.4, -0.2) is 24.1 Å². The minimum absolute atomic E-state index is 0.232. The molecule has 1 N–H and O–H groups in total. The number of amidine groups is 1. The van der Waals surface area contributed by atoms with Gasteiger partial charge in [-0.2, -0.15) is 4.99 Å². The second kappa shape index (κ2) is 10.9. The smallest absolute Gasteiger partial charge is 0.279 e. The summed E-state index contributed by atoms with van der Waals surface area (Å²) < 4.78 is 12.1. The van der Waals surface area contributed by atoms with E-state index in [1.165, 1.54) is 7.11 Å². The summed E-state index contributed by atoms with van der Waals surface area (Å²) in [4.78, 5) is 29.2. The molecule has 172 valence electrons. The van der Waals surface area contributed by atoms with Crippen molar-refractivity contribution in [2.24, 2.45) is 4.99 Å². The van der Waals surface area contributed by atoms with Gasteiger partial charge < -0.3 is 14.8 Å². The first kappa shape index (κ1) is 24.1. The molecule has 9 heteroatoms. The van der Waals surface area contributed by atoms with Gasteiger partial charge in [-0.1, -0.05) is 48.0 Å². The summed E-state index contributed by atoms with van der Waals surface area (Å²) in [5, 5.41) is 3.48. The number of rotatable bonds is 6. The lowest BCUT2D eigenvalue weighted by atomic mass is 10.2. The van der Waals surface area contributed by atoms with Gasteiger partial charge in [-0.05, 0) is 69.7 Å². The van der Waals surface area contributed by atoms with Crippen LogP contribution in [0.1, 0.15) is 21.5 Å². The van der Waals surface area contributed by atoms with Gasteiger partial charge in [0.25, 0.3) is 11.8 Å². The highest BCUT2D eigenvalue weighted by Gasteiger charge is 2.25. The maximum atomic E-state index is 12.4. The third-order valence-electron chi connectivity index (χ3n) is 4.75. The van der Waals surface area contributed by atoms with E-state index >= 15 is 0 Å². The molecule has 0 aliphatic carbocycles. The summed E-state index contributed by atoms with van der Waals surface area (Å²) in [6.45, 7) is 0.266. The number of benzene rings is 3. The third kappa shape index (κ3) is 5.70. The van der Waals surface area contributed by atoms with Crippen LogP contribution in [-0.2, 0) is 11.4 Å². The Hall–Kier alpha value is -3.07. The van der Waals surface area contributed by atoms with Crippen molar-refractivity contribution in [1.82, 2.24) is 5.32 Å². The standard InChI is InChI=1S/C25H18BrClN2O4S/c1-32-20-12-15(11-18(26)22(20)33-14-17-9-5-6-10-19(17)27)13-21-24(31)29-25(34-21)28-23(30)16-7-3-2-4-8-16/h2-13H,14H2,1H3,(H,28,29,30,31)/b21-13-. The second-order valence-electron chi connectivity index (χ2n) is 7.07. The first-order chi connectivity index (χ1) is 16.4. The van der Waals surface area contributed by atoms with E-state index in [9.17, 15) is 9.59 Å². The number of nitrogens with zero attached hydrogens (tertiary/aromatic N) is 1. The number of carbonyl (C=O) groups is 2. The van der Waals surface area contributed by atoms with Crippen molar-refractivity contribution >= 4 is 62.4 Å². The molecule has 0 aromatic heterocycles.